The summed E-state index contributed by atoms with van der Waals surface area (Å²) in [4.78, 5) is 21.2. The van der Waals surface area contributed by atoms with Crippen LogP contribution in [0, 0.1) is 6.92 Å². The minimum Gasteiger partial charge on any atom is -0.338 e. The van der Waals surface area contributed by atoms with Crippen LogP contribution in [0.25, 0.3) is 0 Å². The number of halogens is 1. The van der Waals surface area contributed by atoms with E-state index in [4.69, 9.17) is 11.6 Å². The Morgan fingerprint density at radius 1 is 1.00 bits per heavy atom. The van der Waals surface area contributed by atoms with E-state index in [9.17, 15) is 4.79 Å². The zero-order valence-electron chi connectivity index (χ0n) is 16.0. The Kier molecular flexibility index (Phi) is 6.06. The molecular weight excluding hydrogens is 372 g/mol. The average molecular weight is 393 g/mol. The van der Waals surface area contributed by atoms with Gasteiger partial charge in [0, 0.05) is 11.3 Å². The molecule has 0 atom stereocenters. The van der Waals surface area contributed by atoms with E-state index in [-0.39, 0.29) is 5.78 Å². The molecule has 0 saturated carbocycles. The fraction of sp³-hybridized carbons (Fsp3) is 0.136. The number of aromatic nitrogens is 2. The minimum absolute atomic E-state index is 0.0773. The summed E-state index contributed by atoms with van der Waals surface area (Å²) in [5, 5.41) is 6.72. The molecule has 1 heterocycles. The Morgan fingerprint density at radius 3 is 2.39 bits per heavy atom. The van der Waals surface area contributed by atoms with Crippen molar-refractivity contribution in [1.29, 1.82) is 0 Å². The van der Waals surface area contributed by atoms with E-state index < -0.39 is 0 Å². The highest BCUT2D eigenvalue weighted by Crippen LogP contribution is 2.27. The van der Waals surface area contributed by atoms with Crippen LogP contribution in [-0.4, -0.2) is 15.8 Å². The van der Waals surface area contributed by atoms with Crippen molar-refractivity contribution in [1.82, 2.24) is 9.97 Å². The minimum atomic E-state index is -0.0773. The summed E-state index contributed by atoms with van der Waals surface area (Å²) in [5.41, 5.74) is 4.10. The molecule has 2 N–H and O–H groups in total. The highest BCUT2D eigenvalue weighted by molar-refractivity contribution is 6.33. The van der Waals surface area contributed by atoms with Gasteiger partial charge in [0.2, 0.25) is 5.95 Å². The SMILES string of the molecule is CC(C)=CC(=O)c1ccccc1Nc1nc(Nc2ccccc2C)ncc1Cl. The summed E-state index contributed by atoms with van der Waals surface area (Å²) in [6.07, 6.45) is 3.13. The third kappa shape index (κ3) is 4.75. The molecule has 142 valence electrons. The Morgan fingerprint density at radius 2 is 1.68 bits per heavy atom. The molecule has 3 aromatic rings. The molecule has 0 fully saturated rings. The fourth-order valence-corrected chi connectivity index (χ4v) is 2.76. The van der Waals surface area contributed by atoms with Crippen LogP contribution >= 0.6 is 11.6 Å². The molecular formula is C22H21ClN4O. The Balaban J connectivity index is 1.90. The van der Waals surface area contributed by atoms with Crippen molar-refractivity contribution in [3.63, 3.8) is 0 Å². The third-order valence-corrected chi connectivity index (χ3v) is 4.28. The molecule has 0 aliphatic carbocycles. The Labute approximate surface area is 169 Å². The fourth-order valence-electron chi connectivity index (χ4n) is 2.62. The summed E-state index contributed by atoms with van der Waals surface area (Å²) < 4.78 is 0. The molecule has 0 aliphatic rings. The molecule has 0 amide bonds. The van der Waals surface area contributed by atoms with Crippen LogP contribution in [0.4, 0.5) is 23.1 Å². The van der Waals surface area contributed by atoms with Crippen molar-refractivity contribution in [3.05, 3.63) is 82.5 Å². The molecule has 0 radical (unpaired) electrons. The number of nitrogens with zero attached hydrogens (tertiary/aromatic N) is 2. The lowest BCUT2D eigenvalue weighted by Gasteiger charge is -2.13. The van der Waals surface area contributed by atoms with Crippen LogP contribution in [0.1, 0.15) is 29.8 Å². The van der Waals surface area contributed by atoms with Crippen LogP contribution in [-0.2, 0) is 0 Å². The molecule has 1 aromatic heterocycles. The summed E-state index contributed by atoms with van der Waals surface area (Å²) in [7, 11) is 0. The van der Waals surface area contributed by atoms with Crippen molar-refractivity contribution in [3.8, 4) is 0 Å². The van der Waals surface area contributed by atoms with Crippen molar-refractivity contribution in [2.45, 2.75) is 20.8 Å². The van der Waals surface area contributed by atoms with Gasteiger partial charge in [-0.05, 0) is 50.6 Å². The summed E-state index contributed by atoms with van der Waals surface area (Å²) in [5.74, 6) is 0.756. The number of hydrogen-bond acceptors (Lipinski definition) is 5. The maximum absolute atomic E-state index is 12.5. The molecule has 0 aliphatic heterocycles. The van der Waals surface area contributed by atoms with E-state index in [0.717, 1.165) is 16.8 Å². The van der Waals surface area contributed by atoms with Gasteiger partial charge in [-0.1, -0.05) is 47.5 Å². The van der Waals surface area contributed by atoms with E-state index in [1.54, 1.807) is 12.1 Å². The zero-order valence-corrected chi connectivity index (χ0v) is 16.7. The lowest BCUT2D eigenvalue weighted by atomic mass is 10.1. The summed E-state index contributed by atoms with van der Waals surface area (Å²) >= 11 is 6.28. The number of para-hydroxylation sites is 2. The van der Waals surface area contributed by atoms with Crippen molar-refractivity contribution in [2.75, 3.05) is 10.6 Å². The lowest BCUT2D eigenvalue weighted by molar-refractivity contribution is 0.104. The van der Waals surface area contributed by atoms with Gasteiger partial charge >= 0.3 is 0 Å². The molecule has 0 saturated heterocycles. The van der Waals surface area contributed by atoms with Gasteiger partial charge in [-0.25, -0.2) is 4.98 Å². The number of anilines is 4. The van der Waals surface area contributed by atoms with Crippen molar-refractivity contribution < 1.29 is 4.79 Å². The van der Waals surface area contributed by atoms with Crippen LogP contribution in [0.5, 0.6) is 0 Å². The number of rotatable bonds is 6. The van der Waals surface area contributed by atoms with Gasteiger partial charge in [-0.15, -0.1) is 0 Å². The predicted molar refractivity (Wildman–Crippen MR) is 115 cm³/mol. The van der Waals surface area contributed by atoms with Gasteiger partial charge in [0.15, 0.2) is 11.6 Å². The lowest BCUT2D eigenvalue weighted by Crippen LogP contribution is -2.05. The van der Waals surface area contributed by atoms with Crippen LogP contribution in [0.15, 0.2) is 66.4 Å². The van der Waals surface area contributed by atoms with Gasteiger partial charge in [0.1, 0.15) is 5.02 Å². The molecule has 6 heteroatoms. The average Bonchev–Trinajstić information content (AvgIpc) is 2.66. The highest BCUT2D eigenvalue weighted by atomic mass is 35.5. The topological polar surface area (TPSA) is 66.9 Å². The number of benzene rings is 2. The third-order valence-electron chi connectivity index (χ3n) is 4.00. The second kappa shape index (κ2) is 8.67. The van der Waals surface area contributed by atoms with Gasteiger partial charge in [-0.2, -0.15) is 4.98 Å². The largest absolute Gasteiger partial charge is 0.338 e. The standard InChI is InChI=1S/C22H21ClN4O/c1-14(2)12-20(28)16-9-5-7-11-19(16)25-21-17(23)13-24-22(27-21)26-18-10-6-4-8-15(18)3/h4-13H,1-3H3,(H2,24,25,26,27). The predicted octanol–water partition coefficient (Wildman–Crippen LogP) is 6.07. The first-order valence-electron chi connectivity index (χ1n) is 8.84. The number of hydrogen-bond donors (Lipinski definition) is 2. The molecule has 2 aromatic carbocycles. The summed E-state index contributed by atoms with van der Waals surface area (Å²) in [6.45, 7) is 5.78. The van der Waals surface area contributed by atoms with E-state index in [1.807, 2.05) is 63.2 Å². The monoisotopic (exact) mass is 392 g/mol. The number of aryl methyl sites for hydroxylation is 1. The van der Waals surface area contributed by atoms with E-state index in [2.05, 4.69) is 20.6 Å². The first kappa shape index (κ1) is 19.6. The van der Waals surface area contributed by atoms with Crippen LogP contribution in [0.3, 0.4) is 0 Å². The normalized spacial score (nSPS) is 10.3. The Bertz CT molecular complexity index is 1040. The molecule has 5 nitrogen and oxygen atoms in total. The number of carbonyl (C=O) groups is 1. The second-order valence-electron chi connectivity index (χ2n) is 6.59. The van der Waals surface area contributed by atoms with Gasteiger partial charge in [-0.3, -0.25) is 4.79 Å². The van der Waals surface area contributed by atoms with E-state index in [1.165, 1.54) is 6.20 Å². The quantitative estimate of drug-likeness (QED) is 0.393. The number of ketones is 1. The molecule has 3 rings (SSSR count). The first-order valence-corrected chi connectivity index (χ1v) is 9.22. The smallest absolute Gasteiger partial charge is 0.229 e. The van der Waals surface area contributed by atoms with Gasteiger partial charge in [0.25, 0.3) is 0 Å². The van der Waals surface area contributed by atoms with Gasteiger partial charge in [0.05, 0.1) is 11.9 Å². The molecule has 28 heavy (non-hydrogen) atoms. The number of allylic oxidation sites excluding steroid dienone is 2. The maximum atomic E-state index is 12.5. The summed E-state index contributed by atoms with van der Waals surface area (Å²) in [6, 6.07) is 15.1. The van der Waals surface area contributed by atoms with Gasteiger partial charge < -0.3 is 10.6 Å². The maximum Gasteiger partial charge on any atom is 0.229 e. The molecule has 0 unspecified atom stereocenters. The first-order chi connectivity index (χ1) is 13.4. The Hall–Kier alpha value is -3.18. The molecule has 0 spiro atoms. The van der Waals surface area contributed by atoms with Crippen LogP contribution < -0.4 is 10.6 Å². The number of carbonyl (C=O) groups excluding carboxylic acids is 1. The van der Waals surface area contributed by atoms with Crippen LogP contribution in [0.2, 0.25) is 5.02 Å². The van der Waals surface area contributed by atoms with Crippen molar-refractivity contribution in [2.24, 2.45) is 0 Å². The highest BCUT2D eigenvalue weighted by Gasteiger charge is 2.12. The van der Waals surface area contributed by atoms with E-state index >= 15 is 0 Å². The second-order valence-corrected chi connectivity index (χ2v) is 6.99. The molecule has 0 bridgehead atoms. The zero-order chi connectivity index (χ0) is 20.1. The number of nitrogens with one attached hydrogen (secondary N) is 2. The van der Waals surface area contributed by atoms with E-state index in [0.29, 0.717) is 28.0 Å². The van der Waals surface area contributed by atoms with Crippen molar-refractivity contribution >= 4 is 40.5 Å².